The minimum absolute atomic E-state index is 0.0870. The summed E-state index contributed by atoms with van der Waals surface area (Å²) in [7, 11) is 0. The summed E-state index contributed by atoms with van der Waals surface area (Å²) in [6.07, 6.45) is 2.43. The predicted octanol–water partition coefficient (Wildman–Crippen LogP) is 4.59. The quantitative estimate of drug-likeness (QED) is 0.743. The number of carbonyl (C=O) groups is 2. The molecule has 2 aliphatic rings. The summed E-state index contributed by atoms with van der Waals surface area (Å²) in [5.74, 6) is 0.820. The third kappa shape index (κ3) is 3.80. The number of hydrogen-bond acceptors (Lipinski definition) is 3. The van der Waals surface area contributed by atoms with Gasteiger partial charge in [0.15, 0.2) is 0 Å². The molecule has 2 aromatic rings. The van der Waals surface area contributed by atoms with E-state index in [-0.39, 0.29) is 22.6 Å². The number of rotatable bonds is 4. The highest BCUT2D eigenvalue weighted by Crippen LogP contribution is 2.47. The smallest absolute Gasteiger partial charge is 0.238 e. The van der Waals surface area contributed by atoms with Gasteiger partial charge in [0.1, 0.15) is 0 Å². The average Bonchev–Trinajstić information content (AvgIpc) is 3.05. The zero-order chi connectivity index (χ0) is 20.4. The molecule has 0 N–H and O–H groups in total. The summed E-state index contributed by atoms with van der Waals surface area (Å²) in [6.45, 7) is 5.53. The molecule has 4 rings (SSSR count). The van der Waals surface area contributed by atoms with Crippen molar-refractivity contribution in [1.29, 1.82) is 0 Å². The van der Waals surface area contributed by atoms with Crippen LogP contribution in [-0.4, -0.2) is 40.4 Å². The van der Waals surface area contributed by atoms with Gasteiger partial charge in [-0.3, -0.25) is 14.5 Å². The highest BCUT2D eigenvalue weighted by atomic mass is 32.2. The molecule has 2 heterocycles. The van der Waals surface area contributed by atoms with Crippen LogP contribution in [0.2, 0.25) is 0 Å². The Morgan fingerprint density at radius 3 is 2.48 bits per heavy atom. The van der Waals surface area contributed by atoms with Crippen molar-refractivity contribution in [3.05, 3.63) is 65.7 Å². The fourth-order valence-corrected chi connectivity index (χ4v) is 5.93. The number of hydrogen-bond donors (Lipinski definition) is 0. The lowest BCUT2D eigenvalue weighted by Gasteiger charge is -2.44. The lowest BCUT2D eigenvalue weighted by Crippen LogP contribution is -2.53. The highest BCUT2D eigenvalue weighted by molar-refractivity contribution is 8.02. The van der Waals surface area contributed by atoms with Crippen LogP contribution in [0.4, 0.5) is 5.69 Å². The van der Waals surface area contributed by atoms with Crippen molar-refractivity contribution >= 4 is 29.3 Å². The van der Waals surface area contributed by atoms with Crippen LogP contribution in [0.25, 0.3) is 0 Å². The van der Waals surface area contributed by atoms with E-state index in [0.29, 0.717) is 18.8 Å². The van der Waals surface area contributed by atoms with Crippen LogP contribution in [0.5, 0.6) is 0 Å². The molecule has 29 heavy (non-hydrogen) atoms. The topological polar surface area (TPSA) is 40.6 Å². The maximum absolute atomic E-state index is 13.2. The van der Waals surface area contributed by atoms with Gasteiger partial charge in [-0.05, 0) is 49.4 Å². The van der Waals surface area contributed by atoms with Gasteiger partial charge in [-0.2, -0.15) is 0 Å². The predicted molar refractivity (Wildman–Crippen MR) is 119 cm³/mol. The van der Waals surface area contributed by atoms with Crippen molar-refractivity contribution in [3.8, 4) is 0 Å². The number of carbonyl (C=O) groups excluding carboxylic acids is 2. The third-order valence-electron chi connectivity index (χ3n) is 6.15. The fraction of sp³-hybridized carbons (Fsp3) is 0.417. The first-order chi connectivity index (χ1) is 14.0. The highest BCUT2D eigenvalue weighted by Gasteiger charge is 2.49. The second kappa shape index (κ2) is 8.23. The molecule has 0 bridgehead atoms. The van der Waals surface area contributed by atoms with Gasteiger partial charge in [0, 0.05) is 18.8 Å². The Labute approximate surface area is 177 Å². The Bertz CT molecular complexity index is 891. The standard InChI is InChI=1S/C24H28N2O2S/c1-3-21(19-9-5-4-6-10-19)23(28)25-14-12-24(13-15-25)26(22(27)17-29-24)20-11-7-8-18(2)16-20/h4-11,16,21H,3,12-15,17H2,1-2H3/t21-/m1/s1. The van der Waals surface area contributed by atoms with Gasteiger partial charge < -0.3 is 4.90 Å². The summed E-state index contributed by atoms with van der Waals surface area (Å²) in [4.78, 5) is 29.8. The second-order valence-electron chi connectivity index (χ2n) is 8.00. The molecule has 2 amide bonds. The molecule has 2 aromatic carbocycles. The molecule has 0 radical (unpaired) electrons. The number of amides is 2. The summed E-state index contributed by atoms with van der Waals surface area (Å²) in [5.41, 5.74) is 3.23. The van der Waals surface area contributed by atoms with E-state index in [9.17, 15) is 9.59 Å². The van der Waals surface area contributed by atoms with E-state index >= 15 is 0 Å². The van der Waals surface area contributed by atoms with E-state index in [1.54, 1.807) is 11.8 Å². The number of nitrogens with zero attached hydrogens (tertiary/aromatic N) is 2. The first kappa shape index (κ1) is 20.0. The number of benzene rings is 2. The van der Waals surface area contributed by atoms with Gasteiger partial charge in [0.25, 0.3) is 0 Å². The van der Waals surface area contributed by atoms with Gasteiger partial charge in [0.2, 0.25) is 11.8 Å². The Balaban J connectivity index is 1.50. The van der Waals surface area contributed by atoms with Crippen molar-refractivity contribution in [1.82, 2.24) is 4.90 Å². The van der Waals surface area contributed by atoms with Gasteiger partial charge in [-0.1, -0.05) is 49.4 Å². The normalized spacial score (nSPS) is 19.6. The van der Waals surface area contributed by atoms with Crippen molar-refractivity contribution in [2.45, 2.75) is 43.9 Å². The van der Waals surface area contributed by atoms with Crippen molar-refractivity contribution in [3.63, 3.8) is 0 Å². The van der Waals surface area contributed by atoms with Crippen molar-refractivity contribution in [2.75, 3.05) is 23.7 Å². The minimum atomic E-state index is -0.226. The second-order valence-corrected chi connectivity index (χ2v) is 9.34. The zero-order valence-corrected chi connectivity index (χ0v) is 18.0. The molecular formula is C24H28N2O2S. The third-order valence-corrected chi connectivity index (χ3v) is 7.67. The molecule has 2 saturated heterocycles. The molecular weight excluding hydrogens is 380 g/mol. The van der Waals surface area contributed by atoms with Crippen LogP contribution < -0.4 is 4.90 Å². The molecule has 4 nitrogen and oxygen atoms in total. The first-order valence-electron chi connectivity index (χ1n) is 10.4. The van der Waals surface area contributed by atoms with E-state index in [1.807, 2.05) is 52.3 Å². The van der Waals surface area contributed by atoms with Crippen molar-refractivity contribution < 1.29 is 9.59 Å². The largest absolute Gasteiger partial charge is 0.342 e. The molecule has 1 spiro atoms. The van der Waals surface area contributed by atoms with E-state index in [0.717, 1.165) is 36.1 Å². The van der Waals surface area contributed by atoms with Gasteiger partial charge in [-0.25, -0.2) is 0 Å². The van der Waals surface area contributed by atoms with Crippen LogP contribution in [0, 0.1) is 6.92 Å². The maximum atomic E-state index is 13.2. The summed E-state index contributed by atoms with van der Waals surface area (Å²) < 4.78 is 0. The Kier molecular flexibility index (Phi) is 5.68. The number of piperidine rings is 1. The molecule has 0 aromatic heterocycles. The Morgan fingerprint density at radius 1 is 1.10 bits per heavy atom. The maximum Gasteiger partial charge on any atom is 0.238 e. The first-order valence-corrected chi connectivity index (χ1v) is 11.4. The molecule has 5 heteroatoms. The fourth-order valence-electron chi connectivity index (χ4n) is 4.60. The van der Waals surface area contributed by atoms with E-state index in [2.05, 4.69) is 26.0 Å². The van der Waals surface area contributed by atoms with Gasteiger partial charge in [0.05, 0.1) is 16.5 Å². The van der Waals surface area contributed by atoms with E-state index in [4.69, 9.17) is 0 Å². The number of aryl methyl sites for hydroxylation is 1. The molecule has 0 aliphatic carbocycles. The Morgan fingerprint density at radius 2 is 1.83 bits per heavy atom. The van der Waals surface area contributed by atoms with Gasteiger partial charge >= 0.3 is 0 Å². The molecule has 1 atom stereocenters. The monoisotopic (exact) mass is 408 g/mol. The van der Waals surface area contributed by atoms with Crippen LogP contribution in [-0.2, 0) is 9.59 Å². The van der Waals surface area contributed by atoms with Crippen LogP contribution in [0.15, 0.2) is 54.6 Å². The molecule has 0 saturated carbocycles. The molecule has 2 fully saturated rings. The van der Waals surface area contributed by atoms with Crippen molar-refractivity contribution in [2.24, 2.45) is 0 Å². The molecule has 0 unspecified atom stereocenters. The summed E-state index contributed by atoms with van der Waals surface area (Å²) in [5, 5.41) is 0. The molecule has 152 valence electrons. The summed E-state index contributed by atoms with van der Waals surface area (Å²) in [6, 6.07) is 18.3. The zero-order valence-electron chi connectivity index (χ0n) is 17.1. The van der Waals surface area contributed by atoms with E-state index in [1.165, 1.54) is 0 Å². The number of anilines is 1. The lowest BCUT2D eigenvalue weighted by molar-refractivity contribution is -0.134. The van der Waals surface area contributed by atoms with Crippen LogP contribution in [0.1, 0.15) is 43.2 Å². The van der Waals surface area contributed by atoms with Crippen LogP contribution in [0.3, 0.4) is 0 Å². The SMILES string of the molecule is CC[C@@H](C(=O)N1CCC2(CC1)SCC(=O)N2c1cccc(C)c1)c1ccccc1. The number of thioether (sulfide) groups is 1. The summed E-state index contributed by atoms with van der Waals surface area (Å²) >= 11 is 1.75. The number of likely N-dealkylation sites (tertiary alicyclic amines) is 1. The van der Waals surface area contributed by atoms with Gasteiger partial charge in [-0.15, -0.1) is 11.8 Å². The van der Waals surface area contributed by atoms with E-state index < -0.39 is 0 Å². The van der Waals surface area contributed by atoms with Crippen LogP contribution >= 0.6 is 11.8 Å². The lowest BCUT2D eigenvalue weighted by atomic mass is 9.93. The Hall–Kier alpha value is -2.27. The molecule has 2 aliphatic heterocycles. The minimum Gasteiger partial charge on any atom is -0.342 e. The average molecular weight is 409 g/mol.